The average Bonchev–Trinajstić information content (AvgIpc) is 2.24. The van der Waals surface area contributed by atoms with Crippen molar-refractivity contribution in [3.63, 3.8) is 0 Å². The number of hydrogen-bond donors (Lipinski definition) is 2. The maximum absolute atomic E-state index is 5.83. The molecule has 3 N–H and O–H groups in total. The lowest BCUT2D eigenvalue weighted by molar-refractivity contribution is 0.105. The molecule has 1 heterocycles. The predicted octanol–water partition coefficient (Wildman–Crippen LogP) is 3.08. The standard InChI is InChI=1S/C15H26N4O/c1-14(2)6-10(7-15(3,4)8-14)19-13-11(20-5)12(16)17-9-18-13/h9-10H,6-8H2,1-5H3,(H3,16,17,18,19). The molecule has 0 saturated heterocycles. The zero-order valence-electron chi connectivity index (χ0n) is 13.2. The molecule has 1 aromatic rings. The van der Waals surface area contributed by atoms with Gasteiger partial charge in [-0.1, -0.05) is 27.7 Å². The van der Waals surface area contributed by atoms with Gasteiger partial charge in [0.2, 0.25) is 5.75 Å². The Morgan fingerprint density at radius 3 is 2.35 bits per heavy atom. The molecular formula is C15H26N4O. The predicted molar refractivity (Wildman–Crippen MR) is 81.8 cm³/mol. The van der Waals surface area contributed by atoms with Gasteiger partial charge in [-0.3, -0.25) is 0 Å². The molecule has 1 aliphatic carbocycles. The van der Waals surface area contributed by atoms with Gasteiger partial charge in [0.1, 0.15) is 6.33 Å². The van der Waals surface area contributed by atoms with Gasteiger partial charge in [-0.2, -0.15) is 0 Å². The summed E-state index contributed by atoms with van der Waals surface area (Å²) in [5.74, 6) is 1.60. The number of anilines is 2. The van der Waals surface area contributed by atoms with Crippen LogP contribution in [0.25, 0.3) is 0 Å². The van der Waals surface area contributed by atoms with Crippen LogP contribution < -0.4 is 15.8 Å². The van der Waals surface area contributed by atoms with E-state index in [9.17, 15) is 0 Å². The summed E-state index contributed by atoms with van der Waals surface area (Å²) >= 11 is 0. The van der Waals surface area contributed by atoms with Gasteiger partial charge in [0.05, 0.1) is 7.11 Å². The summed E-state index contributed by atoms with van der Waals surface area (Å²) in [6.07, 6.45) is 4.94. The van der Waals surface area contributed by atoms with E-state index >= 15 is 0 Å². The minimum absolute atomic E-state index is 0.325. The lowest BCUT2D eigenvalue weighted by Gasteiger charge is -2.45. The second-order valence-electron chi connectivity index (χ2n) is 7.40. The smallest absolute Gasteiger partial charge is 0.203 e. The fourth-order valence-electron chi connectivity index (χ4n) is 3.83. The molecule has 0 amide bonds. The first-order valence-electron chi connectivity index (χ1n) is 7.13. The zero-order valence-corrected chi connectivity index (χ0v) is 13.2. The van der Waals surface area contributed by atoms with Crippen LogP contribution >= 0.6 is 0 Å². The van der Waals surface area contributed by atoms with Crippen molar-refractivity contribution in [3.05, 3.63) is 6.33 Å². The van der Waals surface area contributed by atoms with E-state index in [1.165, 1.54) is 12.7 Å². The number of rotatable bonds is 3. The van der Waals surface area contributed by atoms with Gasteiger partial charge in [-0.25, -0.2) is 9.97 Å². The van der Waals surface area contributed by atoms with E-state index in [0.717, 1.165) is 12.8 Å². The first kappa shape index (κ1) is 14.9. The number of methoxy groups -OCH3 is 1. The Balaban J connectivity index is 2.20. The highest BCUT2D eigenvalue weighted by molar-refractivity contribution is 5.61. The van der Waals surface area contributed by atoms with E-state index in [1.54, 1.807) is 7.11 Å². The lowest BCUT2D eigenvalue weighted by Crippen LogP contribution is -2.40. The molecule has 1 fully saturated rings. The molecular weight excluding hydrogens is 252 g/mol. The molecule has 0 aromatic carbocycles. The minimum Gasteiger partial charge on any atom is -0.490 e. The van der Waals surface area contributed by atoms with Crippen LogP contribution in [0, 0.1) is 10.8 Å². The zero-order chi connectivity index (χ0) is 15.0. The molecule has 0 aliphatic heterocycles. The van der Waals surface area contributed by atoms with E-state index < -0.39 is 0 Å². The molecule has 0 unspecified atom stereocenters. The van der Waals surface area contributed by atoms with Crippen molar-refractivity contribution in [2.45, 2.75) is 53.0 Å². The van der Waals surface area contributed by atoms with E-state index in [0.29, 0.717) is 34.3 Å². The number of nitrogens with two attached hydrogens (primary N) is 1. The van der Waals surface area contributed by atoms with Gasteiger partial charge in [0.25, 0.3) is 0 Å². The normalized spacial score (nSPS) is 21.4. The highest BCUT2D eigenvalue weighted by Crippen LogP contribution is 2.46. The Morgan fingerprint density at radius 1 is 1.20 bits per heavy atom. The van der Waals surface area contributed by atoms with Crippen LogP contribution in [-0.4, -0.2) is 23.1 Å². The highest BCUT2D eigenvalue weighted by atomic mass is 16.5. The monoisotopic (exact) mass is 278 g/mol. The molecule has 112 valence electrons. The summed E-state index contributed by atoms with van der Waals surface area (Å²) in [5.41, 5.74) is 6.48. The van der Waals surface area contributed by atoms with Gasteiger partial charge in [-0.15, -0.1) is 0 Å². The van der Waals surface area contributed by atoms with E-state index in [-0.39, 0.29) is 0 Å². The van der Waals surface area contributed by atoms with Crippen LogP contribution in [0.3, 0.4) is 0 Å². The van der Waals surface area contributed by atoms with Crippen molar-refractivity contribution in [3.8, 4) is 5.75 Å². The second kappa shape index (κ2) is 5.11. The molecule has 2 rings (SSSR count). The van der Waals surface area contributed by atoms with Gasteiger partial charge in [-0.05, 0) is 30.1 Å². The summed E-state index contributed by atoms with van der Waals surface area (Å²) in [4.78, 5) is 8.24. The number of hydrogen-bond acceptors (Lipinski definition) is 5. The Morgan fingerprint density at radius 2 is 1.80 bits per heavy atom. The van der Waals surface area contributed by atoms with Crippen molar-refractivity contribution in [2.24, 2.45) is 10.8 Å². The summed E-state index contributed by atoms with van der Waals surface area (Å²) < 4.78 is 5.31. The van der Waals surface area contributed by atoms with Crippen LogP contribution in [0.1, 0.15) is 47.0 Å². The Kier molecular flexibility index (Phi) is 3.80. The minimum atomic E-state index is 0.325. The van der Waals surface area contributed by atoms with E-state index in [4.69, 9.17) is 10.5 Å². The highest BCUT2D eigenvalue weighted by Gasteiger charge is 2.38. The van der Waals surface area contributed by atoms with Crippen LogP contribution in [0.5, 0.6) is 5.75 Å². The molecule has 20 heavy (non-hydrogen) atoms. The molecule has 1 saturated carbocycles. The fraction of sp³-hybridized carbons (Fsp3) is 0.733. The fourth-order valence-corrected chi connectivity index (χ4v) is 3.83. The average molecular weight is 278 g/mol. The number of ether oxygens (including phenoxy) is 1. The molecule has 0 spiro atoms. The molecule has 0 atom stereocenters. The van der Waals surface area contributed by atoms with Crippen molar-refractivity contribution >= 4 is 11.6 Å². The molecule has 5 nitrogen and oxygen atoms in total. The summed E-state index contributed by atoms with van der Waals surface area (Å²) in [6.45, 7) is 9.31. The van der Waals surface area contributed by atoms with Crippen LogP contribution in [0.4, 0.5) is 11.6 Å². The third kappa shape index (κ3) is 3.32. The Labute approximate surface area is 121 Å². The number of nitrogens with zero attached hydrogens (tertiary/aromatic N) is 2. The van der Waals surface area contributed by atoms with Gasteiger partial charge >= 0.3 is 0 Å². The molecule has 1 aliphatic rings. The van der Waals surface area contributed by atoms with Gasteiger partial charge in [0, 0.05) is 6.04 Å². The van der Waals surface area contributed by atoms with Crippen LogP contribution in [-0.2, 0) is 0 Å². The van der Waals surface area contributed by atoms with Crippen molar-refractivity contribution in [2.75, 3.05) is 18.2 Å². The number of nitrogens with one attached hydrogen (secondary N) is 1. The lowest BCUT2D eigenvalue weighted by atomic mass is 9.63. The van der Waals surface area contributed by atoms with E-state index in [2.05, 4.69) is 43.0 Å². The SMILES string of the molecule is COc1c(N)ncnc1NC1CC(C)(C)CC(C)(C)C1. The first-order valence-corrected chi connectivity index (χ1v) is 7.13. The van der Waals surface area contributed by atoms with Crippen LogP contribution in [0.2, 0.25) is 0 Å². The number of aromatic nitrogens is 2. The molecule has 0 radical (unpaired) electrons. The molecule has 0 bridgehead atoms. The Hall–Kier alpha value is -1.52. The Bertz CT molecular complexity index is 469. The third-order valence-electron chi connectivity index (χ3n) is 3.93. The van der Waals surface area contributed by atoms with Crippen molar-refractivity contribution in [1.82, 2.24) is 9.97 Å². The van der Waals surface area contributed by atoms with Gasteiger partial charge < -0.3 is 15.8 Å². The van der Waals surface area contributed by atoms with Crippen molar-refractivity contribution < 1.29 is 4.74 Å². The summed E-state index contributed by atoms with van der Waals surface area (Å²) in [5, 5.41) is 3.50. The van der Waals surface area contributed by atoms with Gasteiger partial charge in [0.15, 0.2) is 11.6 Å². The van der Waals surface area contributed by atoms with Crippen LogP contribution in [0.15, 0.2) is 6.33 Å². The summed E-state index contributed by atoms with van der Waals surface area (Å²) in [6, 6.07) is 0.372. The topological polar surface area (TPSA) is 73.1 Å². The number of nitrogen functional groups attached to an aromatic ring is 1. The third-order valence-corrected chi connectivity index (χ3v) is 3.93. The summed E-state index contributed by atoms with van der Waals surface area (Å²) in [7, 11) is 1.59. The first-order chi connectivity index (χ1) is 9.22. The van der Waals surface area contributed by atoms with E-state index in [1.807, 2.05) is 0 Å². The molecule has 5 heteroatoms. The quantitative estimate of drug-likeness (QED) is 0.889. The second-order valence-corrected chi connectivity index (χ2v) is 7.40. The maximum Gasteiger partial charge on any atom is 0.203 e. The van der Waals surface area contributed by atoms with Crippen molar-refractivity contribution in [1.29, 1.82) is 0 Å². The largest absolute Gasteiger partial charge is 0.490 e. The maximum atomic E-state index is 5.83. The molecule has 1 aromatic heterocycles.